The first-order chi connectivity index (χ1) is 11.4. The molecule has 0 saturated carbocycles. The summed E-state index contributed by atoms with van der Waals surface area (Å²) in [6, 6.07) is 10.1. The second kappa shape index (κ2) is 5.97. The van der Waals surface area contributed by atoms with Gasteiger partial charge in [-0.2, -0.15) is 5.10 Å². The van der Waals surface area contributed by atoms with Crippen LogP contribution in [0.25, 0.3) is 5.69 Å². The van der Waals surface area contributed by atoms with Crippen LogP contribution in [-0.4, -0.2) is 34.9 Å². The number of hydrogen-bond acceptors (Lipinski definition) is 4. The predicted molar refractivity (Wildman–Crippen MR) is 90.0 cm³/mol. The second-order valence-corrected chi connectivity index (χ2v) is 7.36. The molecular formula is C16H16N4O3S. The van der Waals surface area contributed by atoms with Crippen LogP contribution < -0.4 is 5.32 Å². The van der Waals surface area contributed by atoms with E-state index in [4.69, 9.17) is 0 Å². The number of amides is 1. The molecule has 0 aliphatic heterocycles. The van der Waals surface area contributed by atoms with Gasteiger partial charge in [-0.3, -0.25) is 4.79 Å². The maximum Gasteiger partial charge on any atom is 0.272 e. The van der Waals surface area contributed by atoms with E-state index in [-0.39, 0.29) is 10.8 Å². The van der Waals surface area contributed by atoms with E-state index < -0.39 is 9.84 Å². The van der Waals surface area contributed by atoms with Crippen molar-refractivity contribution in [2.75, 3.05) is 11.6 Å². The maximum atomic E-state index is 12.2. The summed E-state index contributed by atoms with van der Waals surface area (Å²) in [5, 5.41) is 6.89. The van der Waals surface area contributed by atoms with Gasteiger partial charge in [0, 0.05) is 19.5 Å². The Hall–Kier alpha value is -2.87. The van der Waals surface area contributed by atoms with Crippen LogP contribution in [0.2, 0.25) is 0 Å². The van der Waals surface area contributed by atoms with Gasteiger partial charge in [-0.25, -0.2) is 13.1 Å². The zero-order valence-electron chi connectivity index (χ0n) is 13.2. The summed E-state index contributed by atoms with van der Waals surface area (Å²) in [6.45, 7) is 0. The van der Waals surface area contributed by atoms with E-state index in [0.717, 1.165) is 6.26 Å². The van der Waals surface area contributed by atoms with Gasteiger partial charge in [0.15, 0.2) is 9.84 Å². The maximum absolute atomic E-state index is 12.2. The Bertz CT molecular complexity index is 1000. The van der Waals surface area contributed by atoms with E-state index in [9.17, 15) is 13.2 Å². The van der Waals surface area contributed by atoms with Crippen LogP contribution in [0.15, 0.2) is 59.9 Å². The summed E-state index contributed by atoms with van der Waals surface area (Å²) < 4.78 is 26.9. The van der Waals surface area contributed by atoms with Gasteiger partial charge >= 0.3 is 0 Å². The summed E-state index contributed by atoms with van der Waals surface area (Å²) in [5.74, 6) is -0.265. The fourth-order valence-electron chi connectivity index (χ4n) is 2.37. The lowest BCUT2D eigenvalue weighted by molar-refractivity contribution is 0.101. The monoisotopic (exact) mass is 344 g/mol. The number of para-hydroxylation sites is 1. The third kappa shape index (κ3) is 3.09. The summed E-state index contributed by atoms with van der Waals surface area (Å²) in [6.07, 6.45) is 5.97. The van der Waals surface area contributed by atoms with Crippen molar-refractivity contribution >= 4 is 21.4 Å². The van der Waals surface area contributed by atoms with E-state index in [0.29, 0.717) is 17.1 Å². The van der Waals surface area contributed by atoms with Crippen LogP contribution >= 0.6 is 0 Å². The minimum absolute atomic E-state index is 0.174. The molecule has 7 nitrogen and oxygen atoms in total. The number of benzene rings is 1. The number of anilines is 1. The lowest BCUT2D eigenvalue weighted by Gasteiger charge is -2.07. The molecule has 0 saturated heterocycles. The summed E-state index contributed by atoms with van der Waals surface area (Å²) in [7, 11) is -1.61. The van der Waals surface area contributed by atoms with E-state index >= 15 is 0 Å². The molecule has 0 aliphatic rings. The van der Waals surface area contributed by atoms with Crippen molar-refractivity contribution in [3.8, 4) is 5.69 Å². The number of rotatable bonds is 4. The van der Waals surface area contributed by atoms with Gasteiger partial charge in [-0.15, -0.1) is 0 Å². The molecule has 3 aromatic rings. The Labute approximate surface area is 139 Å². The van der Waals surface area contributed by atoms with Crippen LogP contribution in [0.1, 0.15) is 10.5 Å². The van der Waals surface area contributed by atoms with Crippen molar-refractivity contribution in [1.29, 1.82) is 0 Å². The van der Waals surface area contributed by atoms with Gasteiger partial charge in [-0.1, -0.05) is 12.1 Å². The molecule has 1 N–H and O–H groups in total. The zero-order chi connectivity index (χ0) is 17.3. The number of carbonyl (C=O) groups is 1. The Kier molecular flexibility index (Phi) is 3.98. The largest absolute Gasteiger partial charge is 0.347 e. The lowest BCUT2D eigenvalue weighted by atomic mass is 10.3. The smallest absolute Gasteiger partial charge is 0.272 e. The molecule has 0 radical (unpaired) electrons. The van der Waals surface area contributed by atoms with Gasteiger partial charge in [0.25, 0.3) is 5.91 Å². The van der Waals surface area contributed by atoms with Gasteiger partial charge < -0.3 is 9.88 Å². The topological polar surface area (TPSA) is 86.0 Å². The summed E-state index contributed by atoms with van der Waals surface area (Å²) >= 11 is 0. The molecular weight excluding hydrogens is 328 g/mol. The molecule has 0 atom stereocenters. The molecule has 0 bridgehead atoms. The van der Waals surface area contributed by atoms with Crippen molar-refractivity contribution in [3.05, 3.63) is 60.7 Å². The second-order valence-electron chi connectivity index (χ2n) is 5.37. The molecule has 124 valence electrons. The highest BCUT2D eigenvalue weighted by Gasteiger charge is 2.16. The lowest BCUT2D eigenvalue weighted by Crippen LogP contribution is -2.14. The molecule has 0 spiro atoms. The van der Waals surface area contributed by atoms with Crippen molar-refractivity contribution in [2.24, 2.45) is 7.05 Å². The van der Waals surface area contributed by atoms with Crippen molar-refractivity contribution in [1.82, 2.24) is 14.3 Å². The number of hydrogen-bond donors (Lipinski definition) is 1. The highest BCUT2D eigenvalue weighted by molar-refractivity contribution is 7.90. The fourth-order valence-corrected chi connectivity index (χ4v) is 3.24. The predicted octanol–water partition coefficient (Wildman–Crippen LogP) is 1.87. The van der Waals surface area contributed by atoms with E-state index in [2.05, 4.69) is 10.4 Å². The molecule has 0 unspecified atom stereocenters. The van der Waals surface area contributed by atoms with Crippen LogP contribution in [0.5, 0.6) is 0 Å². The molecule has 2 heterocycles. The zero-order valence-corrected chi connectivity index (χ0v) is 14.0. The first-order valence-corrected chi connectivity index (χ1v) is 9.02. The third-order valence-corrected chi connectivity index (χ3v) is 4.67. The number of carbonyl (C=O) groups excluding carboxylic acids is 1. The molecule has 1 aromatic carbocycles. The summed E-state index contributed by atoms with van der Waals surface area (Å²) in [4.78, 5) is 12.4. The molecule has 0 fully saturated rings. The Morgan fingerprint density at radius 1 is 1.17 bits per heavy atom. The van der Waals surface area contributed by atoms with E-state index in [1.165, 1.54) is 16.9 Å². The Balaban J connectivity index is 1.90. The Morgan fingerprint density at radius 3 is 2.58 bits per heavy atom. The quantitative estimate of drug-likeness (QED) is 0.783. The first kappa shape index (κ1) is 16.0. The molecule has 1 amide bonds. The molecule has 0 aliphatic carbocycles. The van der Waals surface area contributed by atoms with E-state index in [1.54, 1.807) is 54.3 Å². The molecule has 24 heavy (non-hydrogen) atoms. The fraction of sp³-hybridized carbons (Fsp3) is 0.125. The van der Waals surface area contributed by atoms with E-state index in [1.807, 2.05) is 0 Å². The molecule has 8 heteroatoms. The van der Waals surface area contributed by atoms with Gasteiger partial charge in [0.2, 0.25) is 0 Å². The van der Waals surface area contributed by atoms with Gasteiger partial charge in [0.1, 0.15) is 5.69 Å². The third-order valence-electron chi connectivity index (χ3n) is 3.53. The van der Waals surface area contributed by atoms with Crippen LogP contribution in [0, 0.1) is 0 Å². The first-order valence-electron chi connectivity index (χ1n) is 7.13. The van der Waals surface area contributed by atoms with Crippen molar-refractivity contribution < 1.29 is 13.2 Å². The average molecular weight is 344 g/mol. The van der Waals surface area contributed by atoms with Crippen LogP contribution in [0.3, 0.4) is 0 Å². The van der Waals surface area contributed by atoms with Gasteiger partial charge in [0.05, 0.1) is 28.7 Å². The van der Waals surface area contributed by atoms with Crippen LogP contribution in [0.4, 0.5) is 5.69 Å². The number of aryl methyl sites for hydroxylation is 1. The highest BCUT2D eigenvalue weighted by atomic mass is 32.2. The van der Waals surface area contributed by atoms with Crippen molar-refractivity contribution in [3.63, 3.8) is 0 Å². The summed E-state index contributed by atoms with van der Waals surface area (Å²) in [5.41, 5.74) is 1.42. The van der Waals surface area contributed by atoms with Crippen molar-refractivity contribution in [2.45, 2.75) is 4.90 Å². The van der Waals surface area contributed by atoms with Crippen LogP contribution in [-0.2, 0) is 16.9 Å². The average Bonchev–Trinajstić information content (AvgIpc) is 3.15. The number of sulfone groups is 1. The molecule has 3 rings (SSSR count). The minimum Gasteiger partial charge on any atom is -0.347 e. The highest BCUT2D eigenvalue weighted by Crippen LogP contribution is 2.20. The number of aromatic nitrogens is 3. The SMILES string of the molecule is Cn1cccc1C(=O)Nc1cnn(-c2ccccc2S(C)(=O)=O)c1. The Morgan fingerprint density at radius 2 is 1.92 bits per heavy atom. The normalized spacial score (nSPS) is 11.4. The number of nitrogens with zero attached hydrogens (tertiary/aromatic N) is 3. The number of nitrogens with one attached hydrogen (secondary N) is 1. The minimum atomic E-state index is -3.39. The standard InChI is InChI=1S/C16H16N4O3S/c1-19-9-5-7-14(19)16(21)18-12-10-17-20(11-12)13-6-3-4-8-15(13)24(2,22)23/h3-11H,1-2H3,(H,18,21). The van der Waals surface area contributed by atoms with Gasteiger partial charge in [-0.05, 0) is 24.3 Å². The molecule has 2 aromatic heterocycles.